The van der Waals surface area contributed by atoms with Gasteiger partial charge in [0, 0.05) is 5.92 Å². The van der Waals surface area contributed by atoms with E-state index in [1.54, 1.807) is 6.20 Å². The second kappa shape index (κ2) is 4.72. The van der Waals surface area contributed by atoms with Crippen molar-refractivity contribution in [3.63, 3.8) is 0 Å². The minimum absolute atomic E-state index is 0.113. The van der Waals surface area contributed by atoms with Gasteiger partial charge >= 0.3 is 0 Å². The van der Waals surface area contributed by atoms with Gasteiger partial charge in [0.15, 0.2) is 0 Å². The highest BCUT2D eigenvalue weighted by molar-refractivity contribution is 5.78. The van der Waals surface area contributed by atoms with Crippen LogP contribution in [0.4, 0.5) is 0 Å². The molecule has 1 aromatic rings. The number of hydrogen-bond acceptors (Lipinski definition) is 3. The van der Waals surface area contributed by atoms with Gasteiger partial charge in [0.25, 0.3) is 0 Å². The van der Waals surface area contributed by atoms with Crippen LogP contribution in [0.3, 0.4) is 0 Å². The van der Waals surface area contributed by atoms with E-state index in [1.807, 2.05) is 0 Å². The minimum Gasteiger partial charge on any atom is -0.350 e. The molecule has 1 amide bonds. The monoisotopic (exact) mass is 206 g/mol. The van der Waals surface area contributed by atoms with Crippen molar-refractivity contribution < 1.29 is 4.79 Å². The van der Waals surface area contributed by atoms with Crippen LogP contribution in [0.1, 0.15) is 25.0 Å². The average molecular weight is 206 g/mol. The van der Waals surface area contributed by atoms with Crippen molar-refractivity contribution in [1.82, 2.24) is 20.7 Å². The predicted octanol–water partition coefficient (Wildman–Crippen LogP) is 0.777. The normalized spacial score (nSPS) is 20.1. The Labute approximate surface area is 88.0 Å². The standard InChI is InChI=1S/C10H14N4O/c15-10(8-4-2-1-3-5-8)11-6-9-7-12-14-13-9/h1-2,7-8H,3-6H2,(H,11,15)(H,12,13,14)/t8-/m1/s1. The third-order valence-corrected chi connectivity index (χ3v) is 2.55. The second-order valence-electron chi connectivity index (χ2n) is 3.66. The lowest BCUT2D eigenvalue weighted by Crippen LogP contribution is -2.30. The molecule has 80 valence electrons. The topological polar surface area (TPSA) is 70.7 Å². The van der Waals surface area contributed by atoms with Crippen molar-refractivity contribution >= 4 is 5.91 Å². The maximum Gasteiger partial charge on any atom is 0.223 e. The second-order valence-corrected chi connectivity index (χ2v) is 3.66. The zero-order chi connectivity index (χ0) is 10.5. The number of carbonyl (C=O) groups is 1. The Morgan fingerprint density at radius 2 is 2.53 bits per heavy atom. The number of aromatic amines is 1. The third-order valence-electron chi connectivity index (χ3n) is 2.55. The van der Waals surface area contributed by atoms with Gasteiger partial charge in [-0.25, -0.2) is 0 Å². The van der Waals surface area contributed by atoms with Gasteiger partial charge < -0.3 is 5.32 Å². The van der Waals surface area contributed by atoms with Gasteiger partial charge in [0.2, 0.25) is 5.91 Å². The number of nitrogens with one attached hydrogen (secondary N) is 2. The Kier molecular flexibility index (Phi) is 3.11. The summed E-state index contributed by atoms with van der Waals surface area (Å²) in [5, 5.41) is 12.9. The Hall–Kier alpha value is -1.65. The van der Waals surface area contributed by atoms with Crippen molar-refractivity contribution in [2.45, 2.75) is 25.8 Å². The van der Waals surface area contributed by atoms with Crippen LogP contribution in [0, 0.1) is 5.92 Å². The molecule has 1 aliphatic rings. The molecule has 5 heteroatoms. The number of nitrogens with zero attached hydrogens (tertiary/aromatic N) is 2. The van der Waals surface area contributed by atoms with Crippen LogP contribution in [0.5, 0.6) is 0 Å². The Morgan fingerprint density at radius 1 is 1.60 bits per heavy atom. The van der Waals surface area contributed by atoms with Gasteiger partial charge in [0.1, 0.15) is 5.69 Å². The van der Waals surface area contributed by atoms with E-state index < -0.39 is 0 Å². The molecule has 0 aliphatic heterocycles. The molecule has 0 saturated heterocycles. The highest BCUT2D eigenvalue weighted by atomic mass is 16.1. The van der Waals surface area contributed by atoms with Crippen LogP contribution in [0.2, 0.25) is 0 Å². The van der Waals surface area contributed by atoms with Crippen LogP contribution < -0.4 is 5.32 Å². The van der Waals surface area contributed by atoms with Gasteiger partial charge in [-0.3, -0.25) is 4.79 Å². The van der Waals surface area contributed by atoms with Crippen molar-refractivity contribution in [2.24, 2.45) is 5.92 Å². The summed E-state index contributed by atoms with van der Waals surface area (Å²) in [5.74, 6) is 0.240. The Morgan fingerprint density at radius 3 is 3.20 bits per heavy atom. The van der Waals surface area contributed by atoms with E-state index in [2.05, 4.69) is 32.9 Å². The Bertz CT molecular complexity index is 344. The molecule has 1 atom stereocenters. The van der Waals surface area contributed by atoms with Gasteiger partial charge in [0.05, 0.1) is 12.7 Å². The molecule has 5 nitrogen and oxygen atoms in total. The summed E-state index contributed by atoms with van der Waals surface area (Å²) in [6.07, 6.45) is 8.61. The SMILES string of the molecule is O=C(NCc1cn[nH]n1)[C@@H]1CC=CCC1. The van der Waals surface area contributed by atoms with E-state index in [4.69, 9.17) is 0 Å². The number of carbonyl (C=O) groups excluding carboxylic acids is 1. The molecule has 1 aliphatic carbocycles. The van der Waals surface area contributed by atoms with Gasteiger partial charge in [-0.1, -0.05) is 12.2 Å². The lowest BCUT2D eigenvalue weighted by atomic mass is 9.94. The average Bonchev–Trinajstić information content (AvgIpc) is 2.80. The molecule has 0 aromatic carbocycles. The number of H-pyrrole nitrogens is 1. The maximum atomic E-state index is 11.7. The first-order valence-corrected chi connectivity index (χ1v) is 5.13. The molecule has 0 unspecified atom stereocenters. The quantitative estimate of drug-likeness (QED) is 0.718. The summed E-state index contributed by atoms with van der Waals surface area (Å²) in [4.78, 5) is 11.7. The predicted molar refractivity (Wildman–Crippen MR) is 54.7 cm³/mol. The first-order valence-electron chi connectivity index (χ1n) is 5.13. The lowest BCUT2D eigenvalue weighted by molar-refractivity contribution is -0.125. The fraction of sp³-hybridized carbons (Fsp3) is 0.500. The number of hydrogen-bond donors (Lipinski definition) is 2. The smallest absolute Gasteiger partial charge is 0.223 e. The number of aromatic nitrogens is 3. The largest absolute Gasteiger partial charge is 0.350 e. The summed E-state index contributed by atoms with van der Waals surface area (Å²) >= 11 is 0. The molecule has 1 heterocycles. The lowest BCUT2D eigenvalue weighted by Gasteiger charge is -2.16. The van der Waals surface area contributed by atoms with Crippen LogP contribution in [-0.2, 0) is 11.3 Å². The highest BCUT2D eigenvalue weighted by Crippen LogP contribution is 2.17. The van der Waals surface area contributed by atoms with Crippen molar-refractivity contribution in [2.75, 3.05) is 0 Å². The summed E-state index contributed by atoms with van der Waals surface area (Å²) in [5.41, 5.74) is 0.759. The van der Waals surface area contributed by atoms with Gasteiger partial charge in [-0.15, -0.1) is 0 Å². The summed E-state index contributed by atoms with van der Waals surface area (Å²) in [6.45, 7) is 0.454. The van der Waals surface area contributed by atoms with Crippen molar-refractivity contribution in [1.29, 1.82) is 0 Å². The highest BCUT2D eigenvalue weighted by Gasteiger charge is 2.18. The fourth-order valence-electron chi connectivity index (χ4n) is 1.66. The van der Waals surface area contributed by atoms with E-state index in [1.165, 1.54) is 0 Å². The van der Waals surface area contributed by atoms with Gasteiger partial charge in [-0.2, -0.15) is 15.4 Å². The number of rotatable bonds is 3. The van der Waals surface area contributed by atoms with Crippen molar-refractivity contribution in [3.05, 3.63) is 24.0 Å². The van der Waals surface area contributed by atoms with E-state index in [0.717, 1.165) is 25.0 Å². The Balaban J connectivity index is 1.79. The van der Waals surface area contributed by atoms with E-state index in [9.17, 15) is 4.79 Å². The first-order chi connectivity index (χ1) is 7.36. The fourth-order valence-corrected chi connectivity index (χ4v) is 1.66. The van der Waals surface area contributed by atoms with Crippen LogP contribution in [0.25, 0.3) is 0 Å². The molecular formula is C10H14N4O. The zero-order valence-corrected chi connectivity index (χ0v) is 8.44. The molecular weight excluding hydrogens is 192 g/mol. The molecule has 2 rings (SSSR count). The van der Waals surface area contributed by atoms with Crippen molar-refractivity contribution in [3.8, 4) is 0 Å². The molecule has 0 radical (unpaired) electrons. The molecule has 0 spiro atoms. The molecule has 15 heavy (non-hydrogen) atoms. The molecule has 0 fully saturated rings. The molecule has 2 N–H and O–H groups in total. The minimum atomic E-state index is 0.113. The molecule has 0 saturated carbocycles. The zero-order valence-electron chi connectivity index (χ0n) is 8.44. The van der Waals surface area contributed by atoms with E-state index in [-0.39, 0.29) is 11.8 Å². The summed E-state index contributed by atoms with van der Waals surface area (Å²) in [7, 11) is 0. The third kappa shape index (κ3) is 2.65. The number of allylic oxidation sites excluding steroid dienone is 2. The first kappa shape index (κ1) is 9.89. The molecule has 1 aromatic heterocycles. The molecule has 0 bridgehead atoms. The summed E-state index contributed by atoms with van der Waals surface area (Å²) in [6, 6.07) is 0. The van der Waals surface area contributed by atoms with Gasteiger partial charge in [-0.05, 0) is 19.3 Å². The maximum absolute atomic E-state index is 11.7. The van der Waals surface area contributed by atoms with Crippen LogP contribution >= 0.6 is 0 Å². The summed E-state index contributed by atoms with van der Waals surface area (Å²) < 4.78 is 0. The van der Waals surface area contributed by atoms with E-state index >= 15 is 0 Å². The van der Waals surface area contributed by atoms with E-state index in [0.29, 0.717) is 6.54 Å². The number of amides is 1. The van der Waals surface area contributed by atoms with Crippen LogP contribution in [0.15, 0.2) is 18.3 Å². The van der Waals surface area contributed by atoms with Crippen LogP contribution in [-0.4, -0.2) is 21.3 Å².